The Bertz CT molecular complexity index is 689. The Kier molecular flexibility index (Phi) is 5.64. The lowest BCUT2D eigenvalue weighted by Crippen LogP contribution is -2.44. The number of fused-ring (bicyclic) bond motifs is 1. The molecule has 1 aliphatic rings. The fraction of sp³-hybridized carbons (Fsp3) is 0.312. The molecule has 7 nitrogen and oxygen atoms in total. The van der Waals surface area contributed by atoms with E-state index in [4.69, 9.17) is 9.84 Å². The number of amides is 2. The number of aliphatic carboxylic acids is 1. The highest BCUT2D eigenvalue weighted by molar-refractivity contribution is 5.99. The molecule has 128 valence electrons. The molecule has 1 atom stereocenters. The molecule has 1 aromatic rings. The quantitative estimate of drug-likeness (QED) is 0.511. The van der Waals surface area contributed by atoms with Gasteiger partial charge in [0.25, 0.3) is 5.91 Å². The molecule has 0 aromatic heterocycles. The van der Waals surface area contributed by atoms with Crippen LogP contribution in [-0.4, -0.2) is 42.1 Å². The minimum absolute atomic E-state index is 0.132. The zero-order valence-corrected chi connectivity index (χ0v) is 12.8. The first-order chi connectivity index (χ1) is 11.4. The van der Waals surface area contributed by atoms with E-state index in [0.717, 1.165) is 6.07 Å². The largest absolute Gasteiger partial charge is 0.480 e. The van der Waals surface area contributed by atoms with Gasteiger partial charge in [-0.1, -0.05) is 6.08 Å². The van der Waals surface area contributed by atoms with Crippen LogP contribution in [-0.2, 0) is 20.7 Å². The summed E-state index contributed by atoms with van der Waals surface area (Å²) in [7, 11) is 0. The number of carbonyl (C=O) groups excluding carboxylic acids is 2. The SMILES string of the molecule is C=CCOCC(NC(=O)c1cc2c(cc1F)NC(=O)CC2)C(=O)O. The Labute approximate surface area is 137 Å². The Morgan fingerprint density at radius 1 is 1.46 bits per heavy atom. The maximum absolute atomic E-state index is 14.1. The monoisotopic (exact) mass is 336 g/mol. The number of ether oxygens (including phenoxy) is 1. The van der Waals surface area contributed by atoms with Crippen LogP contribution in [0.1, 0.15) is 22.3 Å². The third-order valence-electron chi connectivity index (χ3n) is 3.46. The van der Waals surface area contributed by atoms with Crippen LogP contribution in [0.25, 0.3) is 0 Å². The lowest BCUT2D eigenvalue weighted by atomic mass is 9.99. The molecule has 0 spiro atoms. The molecule has 0 aliphatic carbocycles. The maximum atomic E-state index is 14.1. The zero-order valence-electron chi connectivity index (χ0n) is 12.8. The topological polar surface area (TPSA) is 105 Å². The molecule has 0 saturated carbocycles. The van der Waals surface area contributed by atoms with E-state index in [-0.39, 0.29) is 31.1 Å². The van der Waals surface area contributed by atoms with Crippen LogP contribution in [0.4, 0.5) is 10.1 Å². The van der Waals surface area contributed by atoms with Crippen molar-refractivity contribution in [2.24, 2.45) is 0 Å². The van der Waals surface area contributed by atoms with Crippen LogP contribution >= 0.6 is 0 Å². The van der Waals surface area contributed by atoms with Crippen molar-refractivity contribution >= 4 is 23.5 Å². The van der Waals surface area contributed by atoms with Crippen molar-refractivity contribution in [3.63, 3.8) is 0 Å². The van der Waals surface area contributed by atoms with Gasteiger partial charge in [0.1, 0.15) is 5.82 Å². The number of benzene rings is 1. The van der Waals surface area contributed by atoms with Gasteiger partial charge in [-0.2, -0.15) is 0 Å². The van der Waals surface area contributed by atoms with E-state index in [1.54, 1.807) is 0 Å². The van der Waals surface area contributed by atoms with Crippen molar-refractivity contribution in [3.05, 3.63) is 41.7 Å². The molecule has 1 heterocycles. The molecular formula is C16H17FN2O5. The normalized spacial score (nSPS) is 14.3. The Balaban J connectivity index is 2.15. The lowest BCUT2D eigenvalue weighted by molar-refractivity contribution is -0.140. The third kappa shape index (κ3) is 4.17. The summed E-state index contributed by atoms with van der Waals surface area (Å²) in [6.45, 7) is 3.29. The Hall–Kier alpha value is -2.74. The summed E-state index contributed by atoms with van der Waals surface area (Å²) >= 11 is 0. The Morgan fingerprint density at radius 2 is 2.21 bits per heavy atom. The number of rotatable bonds is 7. The fourth-order valence-electron chi connectivity index (χ4n) is 2.26. The highest BCUT2D eigenvalue weighted by Crippen LogP contribution is 2.25. The molecule has 1 aromatic carbocycles. The van der Waals surface area contributed by atoms with Crippen molar-refractivity contribution in [2.75, 3.05) is 18.5 Å². The fourth-order valence-corrected chi connectivity index (χ4v) is 2.26. The van der Waals surface area contributed by atoms with Gasteiger partial charge in [-0.3, -0.25) is 9.59 Å². The Morgan fingerprint density at radius 3 is 2.88 bits per heavy atom. The van der Waals surface area contributed by atoms with Crippen molar-refractivity contribution in [1.82, 2.24) is 5.32 Å². The van der Waals surface area contributed by atoms with Crippen LogP contribution in [0.3, 0.4) is 0 Å². The number of hydrogen-bond donors (Lipinski definition) is 3. The zero-order chi connectivity index (χ0) is 17.7. The lowest BCUT2D eigenvalue weighted by Gasteiger charge is -2.19. The average molecular weight is 336 g/mol. The average Bonchev–Trinajstić information content (AvgIpc) is 2.53. The molecule has 0 radical (unpaired) electrons. The molecule has 0 fully saturated rings. The predicted molar refractivity (Wildman–Crippen MR) is 83.3 cm³/mol. The van der Waals surface area contributed by atoms with Crippen molar-refractivity contribution < 1.29 is 28.6 Å². The highest BCUT2D eigenvalue weighted by Gasteiger charge is 2.25. The van der Waals surface area contributed by atoms with E-state index < -0.39 is 23.7 Å². The number of hydrogen-bond acceptors (Lipinski definition) is 4. The summed E-state index contributed by atoms with van der Waals surface area (Å²) in [5.41, 5.74) is 0.667. The summed E-state index contributed by atoms with van der Waals surface area (Å²) in [6, 6.07) is 1.07. The second-order valence-corrected chi connectivity index (χ2v) is 5.23. The summed E-state index contributed by atoms with van der Waals surface area (Å²) in [6.07, 6.45) is 2.07. The van der Waals surface area contributed by atoms with Gasteiger partial charge in [0.05, 0.1) is 18.8 Å². The van der Waals surface area contributed by atoms with E-state index >= 15 is 0 Å². The number of nitrogens with one attached hydrogen (secondary N) is 2. The number of carboxylic acid groups (broad SMARTS) is 1. The van der Waals surface area contributed by atoms with Gasteiger partial charge >= 0.3 is 5.97 Å². The van der Waals surface area contributed by atoms with E-state index in [1.165, 1.54) is 12.1 Å². The number of halogens is 1. The van der Waals surface area contributed by atoms with E-state index in [1.807, 2.05) is 0 Å². The molecule has 0 bridgehead atoms. The van der Waals surface area contributed by atoms with E-state index in [0.29, 0.717) is 17.7 Å². The number of carbonyl (C=O) groups is 3. The third-order valence-corrected chi connectivity index (χ3v) is 3.46. The summed E-state index contributed by atoms with van der Waals surface area (Å²) < 4.78 is 19.1. The number of carboxylic acids is 1. The minimum atomic E-state index is -1.31. The van der Waals surface area contributed by atoms with Crippen molar-refractivity contribution in [1.29, 1.82) is 0 Å². The minimum Gasteiger partial charge on any atom is -0.480 e. The van der Waals surface area contributed by atoms with Crippen LogP contribution < -0.4 is 10.6 Å². The molecule has 1 aliphatic heterocycles. The smallest absolute Gasteiger partial charge is 0.328 e. The first-order valence-electron chi connectivity index (χ1n) is 7.27. The van der Waals surface area contributed by atoms with Crippen molar-refractivity contribution in [3.8, 4) is 0 Å². The van der Waals surface area contributed by atoms with Gasteiger partial charge in [0.2, 0.25) is 5.91 Å². The molecule has 2 rings (SSSR count). The van der Waals surface area contributed by atoms with Gasteiger partial charge in [-0.25, -0.2) is 9.18 Å². The molecular weight excluding hydrogens is 319 g/mol. The van der Waals surface area contributed by atoms with Gasteiger partial charge in [0, 0.05) is 12.1 Å². The van der Waals surface area contributed by atoms with Gasteiger partial charge in [0.15, 0.2) is 6.04 Å². The predicted octanol–water partition coefficient (Wildman–Crippen LogP) is 1.10. The van der Waals surface area contributed by atoms with Crippen molar-refractivity contribution in [2.45, 2.75) is 18.9 Å². The van der Waals surface area contributed by atoms with E-state index in [2.05, 4.69) is 17.2 Å². The first kappa shape index (κ1) is 17.6. The molecule has 3 N–H and O–H groups in total. The van der Waals surface area contributed by atoms with Gasteiger partial charge in [-0.05, 0) is 24.1 Å². The summed E-state index contributed by atoms with van der Waals surface area (Å²) in [4.78, 5) is 34.6. The van der Waals surface area contributed by atoms with Crippen LogP contribution in [0.15, 0.2) is 24.8 Å². The highest BCUT2D eigenvalue weighted by atomic mass is 19.1. The van der Waals surface area contributed by atoms with E-state index in [9.17, 15) is 18.8 Å². The van der Waals surface area contributed by atoms with Crippen LogP contribution in [0.5, 0.6) is 0 Å². The first-order valence-corrected chi connectivity index (χ1v) is 7.27. The number of aryl methyl sites for hydroxylation is 1. The molecule has 8 heteroatoms. The number of anilines is 1. The summed E-state index contributed by atoms with van der Waals surface area (Å²) in [5, 5.41) is 13.8. The second-order valence-electron chi connectivity index (χ2n) is 5.23. The molecule has 24 heavy (non-hydrogen) atoms. The standard InChI is InChI=1S/C16H17FN2O5/c1-2-5-24-8-13(16(22)23)19-15(21)10-6-9-3-4-14(20)18-12(9)7-11(10)17/h2,6-7,13H,1,3-5,8H2,(H,18,20)(H,19,21)(H,22,23). The van der Waals surface area contributed by atoms with Crippen LogP contribution in [0.2, 0.25) is 0 Å². The van der Waals surface area contributed by atoms with Crippen LogP contribution in [0, 0.1) is 5.82 Å². The molecule has 2 amide bonds. The van der Waals surface area contributed by atoms with Gasteiger partial charge in [-0.15, -0.1) is 6.58 Å². The molecule has 0 saturated heterocycles. The molecule has 1 unspecified atom stereocenters. The maximum Gasteiger partial charge on any atom is 0.328 e. The van der Waals surface area contributed by atoms with Gasteiger partial charge < -0.3 is 20.5 Å². The second kappa shape index (κ2) is 7.69. The summed E-state index contributed by atoms with van der Waals surface area (Å²) in [5.74, 6) is -3.21.